The Morgan fingerprint density at radius 2 is 2.30 bits per heavy atom. The smallest absolute Gasteiger partial charge is 0.0537 e. The number of benzene rings is 1. The normalized spacial score (nSPS) is 22.9. The maximum absolute atomic E-state index is 6.38. The second-order valence-electron chi connectivity index (χ2n) is 5.75. The van der Waals surface area contributed by atoms with Gasteiger partial charge in [-0.2, -0.15) is 0 Å². The lowest BCUT2D eigenvalue weighted by Crippen LogP contribution is -2.43. The Balaban J connectivity index is 2.10. The quantitative estimate of drug-likeness (QED) is 0.757. The third-order valence-electron chi connectivity index (χ3n) is 3.91. The number of rotatable bonds is 6. The Kier molecular flexibility index (Phi) is 6.34. The molecule has 1 N–H and O–H groups in total. The van der Waals surface area contributed by atoms with Crippen LogP contribution in [0.3, 0.4) is 0 Å². The van der Waals surface area contributed by atoms with E-state index >= 15 is 0 Å². The van der Waals surface area contributed by atoms with E-state index in [-0.39, 0.29) is 5.41 Å². The van der Waals surface area contributed by atoms with Gasteiger partial charge in [0.1, 0.15) is 0 Å². The maximum Gasteiger partial charge on any atom is 0.0537 e. The molecule has 0 radical (unpaired) electrons. The van der Waals surface area contributed by atoms with Crippen molar-refractivity contribution in [2.45, 2.75) is 32.6 Å². The van der Waals surface area contributed by atoms with E-state index in [1.807, 2.05) is 6.07 Å². The first-order chi connectivity index (χ1) is 9.65. The molecule has 1 heterocycles. The minimum atomic E-state index is 0.185. The number of ether oxygens (including phenoxy) is 1. The molecule has 2 nitrogen and oxygen atoms in total. The highest BCUT2D eigenvalue weighted by molar-refractivity contribution is 9.10. The van der Waals surface area contributed by atoms with E-state index in [0.29, 0.717) is 0 Å². The van der Waals surface area contributed by atoms with Crippen molar-refractivity contribution in [3.05, 3.63) is 33.3 Å². The molecule has 1 fully saturated rings. The zero-order valence-corrected chi connectivity index (χ0v) is 14.4. The van der Waals surface area contributed by atoms with Gasteiger partial charge in [-0.1, -0.05) is 40.5 Å². The molecule has 1 aromatic carbocycles. The van der Waals surface area contributed by atoms with Crippen LogP contribution >= 0.6 is 27.5 Å². The van der Waals surface area contributed by atoms with Crippen LogP contribution in [0, 0.1) is 5.41 Å². The molecule has 1 aromatic rings. The molecule has 0 bridgehead atoms. The molecule has 0 aliphatic carbocycles. The van der Waals surface area contributed by atoms with Gasteiger partial charge in [-0.05, 0) is 49.9 Å². The minimum Gasteiger partial charge on any atom is -0.381 e. The van der Waals surface area contributed by atoms with E-state index in [1.54, 1.807) is 0 Å². The maximum atomic E-state index is 6.38. The highest BCUT2D eigenvalue weighted by Gasteiger charge is 2.33. The van der Waals surface area contributed by atoms with E-state index in [4.69, 9.17) is 16.3 Å². The Labute approximate surface area is 135 Å². The molecule has 0 saturated carbocycles. The predicted molar refractivity (Wildman–Crippen MR) is 88.5 cm³/mol. The topological polar surface area (TPSA) is 21.3 Å². The third kappa shape index (κ3) is 4.45. The minimum absolute atomic E-state index is 0.185. The van der Waals surface area contributed by atoms with Gasteiger partial charge in [0.15, 0.2) is 0 Å². The van der Waals surface area contributed by atoms with Gasteiger partial charge in [-0.3, -0.25) is 0 Å². The van der Waals surface area contributed by atoms with E-state index in [9.17, 15) is 0 Å². The van der Waals surface area contributed by atoms with Crippen molar-refractivity contribution < 1.29 is 4.74 Å². The second-order valence-corrected chi connectivity index (χ2v) is 7.07. The van der Waals surface area contributed by atoms with Gasteiger partial charge < -0.3 is 10.1 Å². The van der Waals surface area contributed by atoms with E-state index < -0.39 is 0 Å². The molecule has 0 aromatic heterocycles. The zero-order valence-electron chi connectivity index (χ0n) is 12.1. The van der Waals surface area contributed by atoms with Crippen LogP contribution < -0.4 is 5.32 Å². The van der Waals surface area contributed by atoms with Crippen LogP contribution in [0.5, 0.6) is 0 Å². The summed E-state index contributed by atoms with van der Waals surface area (Å²) in [6.45, 7) is 5.99. The molecule has 0 spiro atoms. The van der Waals surface area contributed by atoms with Crippen molar-refractivity contribution >= 4 is 27.5 Å². The van der Waals surface area contributed by atoms with E-state index in [2.05, 4.69) is 40.3 Å². The molecule has 4 heteroatoms. The molecule has 1 atom stereocenters. The number of hydrogen-bond acceptors (Lipinski definition) is 2. The molecule has 1 saturated heterocycles. The summed E-state index contributed by atoms with van der Waals surface area (Å²) in [6.07, 6.45) is 4.49. The zero-order chi connectivity index (χ0) is 14.4. The van der Waals surface area contributed by atoms with Gasteiger partial charge in [0.2, 0.25) is 0 Å². The number of hydrogen-bond donors (Lipinski definition) is 1. The lowest BCUT2D eigenvalue weighted by atomic mass is 9.77. The molecule has 0 amide bonds. The van der Waals surface area contributed by atoms with Gasteiger partial charge in [0.25, 0.3) is 0 Å². The Hall–Kier alpha value is -0.0900. The van der Waals surface area contributed by atoms with Crippen molar-refractivity contribution in [1.82, 2.24) is 5.32 Å². The monoisotopic (exact) mass is 359 g/mol. The van der Waals surface area contributed by atoms with Crippen LogP contribution in [0.2, 0.25) is 5.02 Å². The van der Waals surface area contributed by atoms with Crippen LogP contribution in [0.1, 0.15) is 31.7 Å². The highest BCUT2D eigenvalue weighted by Crippen LogP contribution is 2.35. The van der Waals surface area contributed by atoms with Gasteiger partial charge in [0.05, 0.1) is 6.61 Å². The van der Waals surface area contributed by atoms with Crippen LogP contribution in [0.15, 0.2) is 22.7 Å². The second kappa shape index (κ2) is 7.79. The average molecular weight is 361 g/mol. The summed E-state index contributed by atoms with van der Waals surface area (Å²) in [4.78, 5) is 0. The molecule has 1 aliphatic rings. The third-order valence-corrected chi connectivity index (χ3v) is 4.76. The lowest BCUT2D eigenvalue weighted by Gasteiger charge is -2.37. The van der Waals surface area contributed by atoms with Crippen molar-refractivity contribution in [3.8, 4) is 0 Å². The van der Waals surface area contributed by atoms with Crippen molar-refractivity contribution in [2.75, 3.05) is 26.3 Å². The Morgan fingerprint density at radius 3 is 2.95 bits per heavy atom. The standard InChI is InChI=1S/C16H23BrClNO/c1-2-7-19-11-16(6-3-8-20-12-16)10-13-4-5-14(17)9-15(13)18/h4-5,9,19H,2-3,6-8,10-12H2,1H3. The van der Waals surface area contributed by atoms with Crippen LogP contribution in [0.25, 0.3) is 0 Å². The van der Waals surface area contributed by atoms with Crippen molar-refractivity contribution in [3.63, 3.8) is 0 Å². The largest absolute Gasteiger partial charge is 0.381 e. The first kappa shape index (κ1) is 16.3. The van der Waals surface area contributed by atoms with Gasteiger partial charge in [0, 0.05) is 28.1 Å². The highest BCUT2D eigenvalue weighted by atomic mass is 79.9. The molecular formula is C16H23BrClNO. The first-order valence-corrected chi connectivity index (χ1v) is 8.55. The summed E-state index contributed by atoms with van der Waals surface area (Å²) in [5, 5.41) is 4.41. The fourth-order valence-electron chi connectivity index (χ4n) is 2.85. The summed E-state index contributed by atoms with van der Waals surface area (Å²) in [5.74, 6) is 0. The predicted octanol–water partition coefficient (Wildman–Crippen LogP) is 4.44. The number of halogens is 2. The fourth-order valence-corrected chi connectivity index (χ4v) is 3.59. The van der Waals surface area contributed by atoms with E-state index in [1.165, 1.54) is 12.0 Å². The van der Waals surface area contributed by atoms with Crippen LogP contribution in [-0.2, 0) is 11.2 Å². The Bertz CT molecular complexity index is 432. The van der Waals surface area contributed by atoms with Gasteiger partial charge in [-0.25, -0.2) is 0 Å². The summed E-state index contributed by atoms with van der Waals surface area (Å²) in [6, 6.07) is 6.18. The summed E-state index contributed by atoms with van der Waals surface area (Å²) in [7, 11) is 0. The Morgan fingerprint density at radius 1 is 1.45 bits per heavy atom. The molecule has 2 rings (SSSR count). The summed E-state index contributed by atoms with van der Waals surface area (Å²) < 4.78 is 6.79. The first-order valence-electron chi connectivity index (χ1n) is 7.38. The van der Waals surface area contributed by atoms with Crippen LogP contribution in [0.4, 0.5) is 0 Å². The summed E-state index contributed by atoms with van der Waals surface area (Å²) >= 11 is 9.85. The molecular weight excluding hydrogens is 338 g/mol. The fraction of sp³-hybridized carbons (Fsp3) is 0.625. The van der Waals surface area contributed by atoms with Crippen molar-refractivity contribution in [1.29, 1.82) is 0 Å². The molecule has 20 heavy (non-hydrogen) atoms. The lowest BCUT2D eigenvalue weighted by molar-refractivity contribution is -0.00705. The average Bonchev–Trinajstić information content (AvgIpc) is 2.44. The summed E-state index contributed by atoms with van der Waals surface area (Å²) in [5.41, 5.74) is 1.41. The van der Waals surface area contributed by atoms with Crippen LogP contribution in [-0.4, -0.2) is 26.3 Å². The van der Waals surface area contributed by atoms with Crippen molar-refractivity contribution in [2.24, 2.45) is 5.41 Å². The van der Waals surface area contributed by atoms with E-state index in [0.717, 1.165) is 55.1 Å². The molecule has 1 aliphatic heterocycles. The van der Waals surface area contributed by atoms with Gasteiger partial charge >= 0.3 is 0 Å². The molecule has 112 valence electrons. The van der Waals surface area contributed by atoms with Gasteiger partial charge in [-0.15, -0.1) is 0 Å². The SMILES string of the molecule is CCCNCC1(Cc2ccc(Br)cc2Cl)CCCOC1. The molecule has 1 unspecified atom stereocenters. The number of nitrogens with one attached hydrogen (secondary N) is 1.